The molecule has 0 bridgehead atoms. The molecule has 0 atom stereocenters. The number of anilines is 4. The third-order valence-electron chi connectivity index (χ3n) is 7.95. The van der Waals surface area contributed by atoms with Gasteiger partial charge in [-0.05, 0) is 77.7 Å². The van der Waals surface area contributed by atoms with E-state index in [2.05, 4.69) is 90.6 Å². The summed E-state index contributed by atoms with van der Waals surface area (Å²) in [5, 5.41) is 0. The SMILES string of the molecule is CN1c2ccc(-c3c(Oc4ccccc4)cccc3Oc3ccccc3)cc2N(C)c2c(Cc3ccccc3)cccc21. The van der Waals surface area contributed by atoms with Crippen LogP contribution in [0.5, 0.6) is 23.0 Å². The molecule has 0 unspecified atom stereocenters. The number of hydrogen-bond acceptors (Lipinski definition) is 4. The van der Waals surface area contributed by atoms with Gasteiger partial charge in [0.25, 0.3) is 0 Å². The van der Waals surface area contributed by atoms with Crippen LogP contribution in [0.15, 0.2) is 146 Å². The van der Waals surface area contributed by atoms with Crippen LogP contribution in [0.1, 0.15) is 11.1 Å². The molecule has 6 aromatic rings. The van der Waals surface area contributed by atoms with Gasteiger partial charge in [0.05, 0.1) is 28.3 Å². The van der Waals surface area contributed by atoms with E-state index in [-0.39, 0.29) is 0 Å². The van der Waals surface area contributed by atoms with Crippen LogP contribution in [0, 0.1) is 0 Å². The Kier molecular flexibility index (Phi) is 7.02. The lowest BCUT2D eigenvalue weighted by Gasteiger charge is -2.38. The highest BCUT2D eigenvalue weighted by molar-refractivity contribution is 5.96. The van der Waals surface area contributed by atoms with Crippen molar-refractivity contribution in [2.45, 2.75) is 6.42 Å². The molecular weight excluding hydrogens is 528 g/mol. The summed E-state index contributed by atoms with van der Waals surface area (Å²) in [5.74, 6) is 3.01. The predicted octanol–water partition coefficient (Wildman–Crippen LogP) is 10.4. The second-order valence-corrected chi connectivity index (χ2v) is 10.7. The summed E-state index contributed by atoms with van der Waals surface area (Å²) in [6, 6.07) is 49.6. The van der Waals surface area contributed by atoms with Crippen LogP contribution in [0.2, 0.25) is 0 Å². The van der Waals surface area contributed by atoms with E-state index in [1.54, 1.807) is 0 Å². The molecule has 210 valence electrons. The molecule has 43 heavy (non-hydrogen) atoms. The number of rotatable bonds is 7. The Morgan fingerprint density at radius 3 is 1.70 bits per heavy atom. The first kappa shape index (κ1) is 26.4. The lowest BCUT2D eigenvalue weighted by molar-refractivity contribution is 0.463. The van der Waals surface area contributed by atoms with Crippen molar-refractivity contribution in [2.75, 3.05) is 23.9 Å². The molecule has 0 radical (unpaired) electrons. The lowest BCUT2D eigenvalue weighted by atomic mass is 9.96. The van der Waals surface area contributed by atoms with Crippen LogP contribution in [0.4, 0.5) is 22.7 Å². The molecule has 4 heteroatoms. The molecule has 0 fully saturated rings. The minimum atomic E-state index is 0.733. The van der Waals surface area contributed by atoms with E-state index in [9.17, 15) is 0 Å². The summed E-state index contributed by atoms with van der Waals surface area (Å²) < 4.78 is 12.9. The maximum atomic E-state index is 6.47. The van der Waals surface area contributed by atoms with Crippen LogP contribution >= 0.6 is 0 Å². The summed E-state index contributed by atoms with van der Waals surface area (Å²) in [6.45, 7) is 0. The van der Waals surface area contributed by atoms with Gasteiger partial charge in [-0.2, -0.15) is 0 Å². The Bertz CT molecular complexity index is 1810. The molecule has 0 saturated carbocycles. The van der Waals surface area contributed by atoms with E-state index in [1.165, 1.54) is 22.5 Å². The zero-order valence-corrected chi connectivity index (χ0v) is 24.3. The number of hydrogen-bond donors (Lipinski definition) is 0. The van der Waals surface area contributed by atoms with Crippen molar-refractivity contribution < 1.29 is 9.47 Å². The monoisotopic (exact) mass is 560 g/mol. The molecule has 0 spiro atoms. The number of fused-ring (bicyclic) bond motifs is 2. The van der Waals surface area contributed by atoms with Crippen molar-refractivity contribution in [3.05, 3.63) is 157 Å². The standard InChI is InChI=1S/C39H32N2O2/c1-40-33-25-24-29(27-35(33)41(2)39-30(16-12-21-34(39)40)26-28-14-6-3-7-15-28)38-36(42-31-17-8-4-9-18-31)22-13-23-37(38)43-32-19-10-5-11-20-32/h3-25,27H,26H2,1-2H3. The van der Waals surface area contributed by atoms with E-state index in [0.29, 0.717) is 0 Å². The predicted molar refractivity (Wildman–Crippen MR) is 177 cm³/mol. The highest BCUT2D eigenvalue weighted by Gasteiger charge is 2.27. The molecule has 0 aliphatic carbocycles. The van der Waals surface area contributed by atoms with E-state index in [4.69, 9.17) is 9.47 Å². The normalized spacial score (nSPS) is 12.0. The van der Waals surface area contributed by atoms with Crippen LogP contribution in [-0.2, 0) is 6.42 Å². The molecule has 7 rings (SSSR count). The van der Waals surface area contributed by atoms with Crippen LogP contribution in [-0.4, -0.2) is 14.1 Å². The molecule has 6 aromatic carbocycles. The van der Waals surface area contributed by atoms with Crippen molar-refractivity contribution in [2.24, 2.45) is 0 Å². The van der Waals surface area contributed by atoms with Gasteiger partial charge in [-0.1, -0.05) is 91.0 Å². The van der Waals surface area contributed by atoms with Gasteiger partial charge < -0.3 is 19.3 Å². The quantitative estimate of drug-likeness (QED) is 0.194. The first-order valence-electron chi connectivity index (χ1n) is 14.5. The Morgan fingerprint density at radius 2 is 1.07 bits per heavy atom. The highest BCUT2D eigenvalue weighted by Crippen LogP contribution is 2.51. The van der Waals surface area contributed by atoms with Crippen molar-refractivity contribution in [3.8, 4) is 34.1 Å². The Hall–Kier alpha value is -5.48. The van der Waals surface area contributed by atoms with Crippen molar-refractivity contribution in [1.29, 1.82) is 0 Å². The minimum Gasteiger partial charge on any atom is -0.457 e. The number of nitrogens with zero attached hydrogens (tertiary/aromatic N) is 2. The molecule has 4 nitrogen and oxygen atoms in total. The average molecular weight is 561 g/mol. The molecule has 1 aliphatic heterocycles. The summed E-state index contributed by atoms with van der Waals surface area (Å²) >= 11 is 0. The van der Waals surface area contributed by atoms with Gasteiger partial charge in [-0.15, -0.1) is 0 Å². The van der Waals surface area contributed by atoms with Gasteiger partial charge in [0.15, 0.2) is 0 Å². The largest absolute Gasteiger partial charge is 0.457 e. The average Bonchev–Trinajstić information content (AvgIpc) is 3.05. The highest BCUT2D eigenvalue weighted by atomic mass is 16.5. The van der Waals surface area contributed by atoms with Gasteiger partial charge in [-0.3, -0.25) is 0 Å². The van der Waals surface area contributed by atoms with Crippen molar-refractivity contribution in [3.63, 3.8) is 0 Å². The molecule has 0 N–H and O–H groups in total. The maximum absolute atomic E-state index is 6.47. The molecule has 0 saturated heterocycles. The smallest absolute Gasteiger partial charge is 0.139 e. The topological polar surface area (TPSA) is 24.9 Å². The number of para-hydroxylation sites is 3. The van der Waals surface area contributed by atoms with Crippen LogP contribution < -0.4 is 19.3 Å². The summed E-state index contributed by atoms with van der Waals surface area (Å²) in [4.78, 5) is 4.61. The summed E-state index contributed by atoms with van der Waals surface area (Å²) in [5.41, 5.74) is 9.16. The third kappa shape index (κ3) is 5.20. The number of benzene rings is 6. The summed E-state index contributed by atoms with van der Waals surface area (Å²) in [7, 11) is 4.31. The van der Waals surface area contributed by atoms with Crippen molar-refractivity contribution in [1.82, 2.24) is 0 Å². The molecular formula is C39H32N2O2. The Morgan fingerprint density at radius 1 is 0.488 bits per heavy atom. The lowest BCUT2D eigenvalue weighted by Crippen LogP contribution is -2.25. The molecule has 0 aromatic heterocycles. The Labute approximate surface area is 253 Å². The first-order valence-corrected chi connectivity index (χ1v) is 14.5. The van der Waals surface area contributed by atoms with E-state index < -0.39 is 0 Å². The van der Waals surface area contributed by atoms with Gasteiger partial charge in [-0.25, -0.2) is 0 Å². The number of ether oxygens (including phenoxy) is 2. The second-order valence-electron chi connectivity index (χ2n) is 10.7. The maximum Gasteiger partial charge on any atom is 0.139 e. The van der Waals surface area contributed by atoms with Crippen LogP contribution in [0.25, 0.3) is 11.1 Å². The molecule has 0 amide bonds. The fourth-order valence-corrected chi connectivity index (χ4v) is 5.87. The van der Waals surface area contributed by atoms with Crippen LogP contribution in [0.3, 0.4) is 0 Å². The van der Waals surface area contributed by atoms with Gasteiger partial charge in [0, 0.05) is 14.1 Å². The minimum absolute atomic E-state index is 0.733. The second kappa shape index (κ2) is 11.4. The molecule has 1 aliphatic rings. The van der Waals surface area contributed by atoms with Gasteiger partial charge in [0.2, 0.25) is 0 Å². The Balaban J connectivity index is 1.34. The third-order valence-corrected chi connectivity index (χ3v) is 7.95. The fraction of sp³-hybridized carbons (Fsp3) is 0.0769. The van der Waals surface area contributed by atoms with Crippen molar-refractivity contribution >= 4 is 22.7 Å². The fourth-order valence-electron chi connectivity index (χ4n) is 5.87. The van der Waals surface area contributed by atoms with Gasteiger partial charge >= 0.3 is 0 Å². The van der Waals surface area contributed by atoms with Gasteiger partial charge in [0.1, 0.15) is 23.0 Å². The zero-order valence-electron chi connectivity index (χ0n) is 24.3. The van der Waals surface area contributed by atoms with E-state index >= 15 is 0 Å². The van der Waals surface area contributed by atoms with E-state index in [1.807, 2.05) is 78.9 Å². The molecule has 1 heterocycles. The van der Waals surface area contributed by atoms with E-state index in [0.717, 1.165) is 51.9 Å². The summed E-state index contributed by atoms with van der Waals surface area (Å²) in [6.07, 6.45) is 0.861. The first-order chi connectivity index (χ1) is 21.2. The zero-order chi connectivity index (χ0) is 29.2.